The van der Waals surface area contributed by atoms with Gasteiger partial charge in [-0.25, -0.2) is 9.37 Å². The van der Waals surface area contributed by atoms with Crippen molar-refractivity contribution in [3.63, 3.8) is 0 Å². The molecule has 90 valence electrons. The van der Waals surface area contributed by atoms with E-state index in [2.05, 4.69) is 20.9 Å². The summed E-state index contributed by atoms with van der Waals surface area (Å²) in [4.78, 5) is 4.39. The first-order valence-electron chi connectivity index (χ1n) is 5.50. The zero-order valence-corrected chi connectivity index (χ0v) is 10.9. The molecule has 1 aromatic heterocycles. The molecule has 0 atom stereocenters. The van der Waals surface area contributed by atoms with Gasteiger partial charge in [0.2, 0.25) is 0 Å². The Balaban J connectivity index is 1.92. The molecule has 0 saturated carbocycles. The van der Waals surface area contributed by atoms with E-state index in [0.717, 1.165) is 21.1 Å². The van der Waals surface area contributed by atoms with Gasteiger partial charge in [0.05, 0.1) is 0 Å². The second-order valence-corrected chi connectivity index (χ2v) is 4.94. The average Bonchev–Trinajstić information content (AvgIpc) is 2.73. The number of nitrogens with zero attached hydrogens (tertiary/aromatic N) is 1. The van der Waals surface area contributed by atoms with Crippen LogP contribution < -0.4 is 0 Å². The lowest BCUT2D eigenvalue weighted by Gasteiger charge is -1.96. The third-order valence-corrected chi connectivity index (χ3v) is 3.16. The van der Waals surface area contributed by atoms with E-state index < -0.39 is 0 Å². The Kier molecular flexibility index (Phi) is 2.88. The number of halogens is 2. The van der Waals surface area contributed by atoms with Gasteiger partial charge in [-0.2, -0.15) is 0 Å². The van der Waals surface area contributed by atoms with Crippen LogP contribution in [0.2, 0.25) is 0 Å². The van der Waals surface area contributed by atoms with Crippen molar-refractivity contribution in [2.45, 2.75) is 6.42 Å². The second-order valence-electron chi connectivity index (χ2n) is 4.02. The fourth-order valence-electron chi connectivity index (χ4n) is 1.80. The van der Waals surface area contributed by atoms with Crippen molar-refractivity contribution < 1.29 is 8.81 Å². The normalized spacial score (nSPS) is 11.0. The van der Waals surface area contributed by atoms with Gasteiger partial charge < -0.3 is 4.42 Å². The Morgan fingerprint density at radius 2 is 1.89 bits per heavy atom. The van der Waals surface area contributed by atoms with Crippen LogP contribution in [0.25, 0.3) is 11.1 Å². The Labute approximate surface area is 112 Å². The predicted octanol–water partition coefficient (Wildman–Crippen LogP) is 4.32. The van der Waals surface area contributed by atoms with Crippen molar-refractivity contribution >= 4 is 27.0 Å². The molecule has 0 radical (unpaired) electrons. The highest BCUT2D eigenvalue weighted by atomic mass is 79.9. The second kappa shape index (κ2) is 4.53. The molecule has 3 rings (SSSR count). The van der Waals surface area contributed by atoms with Crippen LogP contribution >= 0.6 is 15.9 Å². The lowest BCUT2D eigenvalue weighted by Crippen LogP contribution is -1.87. The summed E-state index contributed by atoms with van der Waals surface area (Å²) in [7, 11) is 0. The van der Waals surface area contributed by atoms with Crippen LogP contribution in [-0.2, 0) is 6.42 Å². The SMILES string of the molecule is Fc1ccc(Cc2nc3ccc(Br)cc3o2)cc1. The van der Waals surface area contributed by atoms with Crippen molar-refractivity contribution in [3.05, 3.63) is 64.2 Å². The van der Waals surface area contributed by atoms with E-state index in [0.29, 0.717) is 12.3 Å². The number of oxazole rings is 1. The van der Waals surface area contributed by atoms with Gasteiger partial charge in [0, 0.05) is 10.9 Å². The lowest BCUT2D eigenvalue weighted by molar-refractivity contribution is 0.543. The van der Waals surface area contributed by atoms with Gasteiger partial charge in [0.25, 0.3) is 0 Å². The Morgan fingerprint density at radius 1 is 1.11 bits per heavy atom. The molecule has 2 nitrogen and oxygen atoms in total. The summed E-state index contributed by atoms with van der Waals surface area (Å²) >= 11 is 3.39. The number of hydrogen-bond acceptors (Lipinski definition) is 2. The van der Waals surface area contributed by atoms with Crippen LogP contribution in [0.15, 0.2) is 51.4 Å². The van der Waals surface area contributed by atoms with Crippen LogP contribution in [0.4, 0.5) is 4.39 Å². The van der Waals surface area contributed by atoms with Crippen LogP contribution in [-0.4, -0.2) is 4.98 Å². The Bertz CT molecular complexity index is 691. The summed E-state index contributed by atoms with van der Waals surface area (Å²) in [5, 5.41) is 0. The number of hydrogen-bond donors (Lipinski definition) is 0. The zero-order chi connectivity index (χ0) is 12.5. The highest BCUT2D eigenvalue weighted by Gasteiger charge is 2.07. The standard InChI is InChI=1S/C14H9BrFNO/c15-10-3-6-12-13(8-10)18-14(17-12)7-9-1-4-11(16)5-2-9/h1-6,8H,7H2. The van der Waals surface area contributed by atoms with E-state index in [-0.39, 0.29) is 5.82 Å². The van der Waals surface area contributed by atoms with Crippen LogP contribution in [0.1, 0.15) is 11.5 Å². The molecule has 0 aliphatic heterocycles. The van der Waals surface area contributed by atoms with Gasteiger partial charge in [-0.15, -0.1) is 0 Å². The average molecular weight is 306 g/mol. The minimum absolute atomic E-state index is 0.236. The first-order valence-corrected chi connectivity index (χ1v) is 6.29. The molecule has 0 fully saturated rings. The zero-order valence-electron chi connectivity index (χ0n) is 9.36. The van der Waals surface area contributed by atoms with Crippen molar-refractivity contribution in [2.24, 2.45) is 0 Å². The molecule has 0 N–H and O–H groups in total. The molecule has 0 spiro atoms. The summed E-state index contributed by atoms with van der Waals surface area (Å²) in [5.41, 5.74) is 2.55. The largest absolute Gasteiger partial charge is 0.440 e. The van der Waals surface area contributed by atoms with Crippen LogP contribution in [0.3, 0.4) is 0 Å². The van der Waals surface area contributed by atoms with Gasteiger partial charge in [-0.3, -0.25) is 0 Å². The maximum atomic E-state index is 12.8. The fourth-order valence-corrected chi connectivity index (χ4v) is 2.14. The van der Waals surface area contributed by atoms with Crippen LogP contribution in [0, 0.1) is 5.82 Å². The van der Waals surface area contributed by atoms with E-state index in [1.807, 2.05) is 18.2 Å². The third kappa shape index (κ3) is 2.29. The van der Waals surface area contributed by atoms with Gasteiger partial charge in [0.1, 0.15) is 11.3 Å². The minimum Gasteiger partial charge on any atom is -0.440 e. The van der Waals surface area contributed by atoms with Crippen molar-refractivity contribution in [3.8, 4) is 0 Å². The van der Waals surface area contributed by atoms with E-state index in [4.69, 9.17) is 4.42 Å². The third-order valence-electron chi connectivity index (χ3n) is 2.66. The lowest BCUT2D eigenvalue weighted by atomic mass is 10.1. The first kappa shape index (κ1) is 11.4. The molecular formula is C14H9BrFNO. The molecule has 2 aromatic carbocycles. The van der Waals surface area contributed by atoms with Crippen molar-refractivity contribution in [1.82, 2.24) is 4.98 Å². The number of rotatable bonds is 2. The molecule has 0 aliphatic rings. The molecular weight excluding hydrogens is 297 g/mol. The van der Waals surface area contributed by atoms with Gasteiger partial charge >= 0.3 is 0 Å². The summed E-state index contributed by atoms with van der Waals surface area (Å²) < 4.78 is 19.4. The molecule has 0 bridgehead atoms. The van der Waals surface area contributed by atoms with E-state index in [9.17, 15) is 4.39 Å². The Hall–Kier alpha value is -1.68. The number of benzene rings is 2. The van der Waals surface area contributed by atoms with Gasteiger partial charge in [-0.1, -0.05) is 28.1 Å². The highest BCUT2D eigenvalue weighted by Crippen LogP contribution is 2.21. The van der Waals surface area contributed by atoms with Gasteiger partial charge in [-0.05, 0) is 35.9 Å². The van der Waals surface area contributed by atoms with E-state index >= 15 is 0 Å². The van der Waals surface area contributed by atoms with E-state index in [1.54, 1.807) is 12.1 Å². The smallest absolute Gasteiger partial charge is 0.199 e. The van der Waals surface area contributed by atoms with Crippen molar-refractivity contribution in [2.75, 3.05) is 0 Å². The maximum Gasteiger partial charge on any atom is 0.199 e. The highest BCUT2D eigenvalue weighted by molar-refractivity contribution is 9.10. The molecule has 1 heterocycles. The summed E-state index contributed by atoms with van der Waals surface area (Å²) in [6.07, 6.45) is 0.562. The number of aromatic nitrogens is 1. The van der Waals surface area contributed by atoms with E-state index in [1.165, 1.54) is 12.1 Å². The molecule has 0 unspecified atom stereocenters. The number of fused-ring (bicyclic) bond motifs is 1. The molecule has 0 amide bonds. The molecule has 4 heteroatoms. The minimum atomic E-state index is -0.236. The predicted molar refractivity (Wildman–Crippen MR) is 70.9 cm³/mol. The van der Waals surface area contributed by atoms with Gasteiger partial charge in [0.15, 0.2) is 11.5 Å². The van der Waals surface area contributed by atoms with Crippen LogP contribution in [0.5, 0.6) is 0 Å². The molecule has 3 aromatic rings. The maximum absolute atomic E-state index is 12.8. The molecule has 0 saturated heterocycles. The Morgan fingerprint density at radius 3 is 2.67 bits per heavy atom. The first-order chi connectivity index (χ1) is 8.70. The summed E-state index contributed by atoms with van der Waals surface area (Å²) in [5.74, 6) is 0.398. The topological polar surface area (TPSA) is 26.0 Å². The quantitative estimate of drug-likeness (QED) is 0.704. The molecule has 18 heavy (non-hydrogen) atoms. The molecule has 0 aliphatic carbocycles. The monoisotopic (exact) mass is 305 g/mol. The fraction of sp³-hybridized carbons (Fsp3) is 0.0714. The summed E-state index contributed by atoms with van der Waals surface area (Å²) in [6.45, 7) is 0. The van der Waals surface area contributed by atoms with Crippen molar-refractivity contribution in [1.29, 1.82) is 0 Å². The summed E-state index contributed by atoms with van der Waals surface area (Å²) in [6, 6.07) is 12.1.